The molecule has 1 saturated carbocycles. The van der Waals surface area contributed by atoms with E-state index in [-0.39, 0.29) is 18.6 Å². The van der Waals surface area contributed by atoms with E-state index in [1.54, 1.807) is 4.90 Å². The Kier molecular flexibility index (Phi) is 5.50. The predicted octanol–water partition coefficient (Wildman–Crippen LogP) is 0.704. The number of hydrogen-bond donors (Lipinski definition) is 2. The van der Waals surface area contributed by atoms with Crippen molar-refractivity contribution in [1.82, 2.24) is 10.2 Å². The average molecular weight is 278 g/mol. The fourth-order valence-corrected chi connectivity index (χ4v) is 2.66. The summed E-state index contributed by atoms with van der Waals surface area (Å²) >= 11 is 0. The highest BCUT2D eigenvalue weighted by molar-refractivity contribution is 4.92. The Morgan fingerprint density at radius 3 is 2.74 bits per heavy atom. The Bertz CT molecular complexity index is 269. The monoisotopic (exact) mass is 278 g/mol. The molecule has 0 bridgehead atoms. The molecule has 1 atom stereocenters. The minimum atomic E-state index is -2.36. The Hall–Kier alpha value is -0.300. The first-order valence-corrected chi connectivity index (χ1v) is 7.06. The molecule has 19 heavy (non-hydrogen) atoms. The van der Waals surface area contributed by atoms with Crippen LogP contribution in [0.15, 0.2) is 0 Å². The largest absolute Gasteiger partial charge is 0.395 e. The van der Waals surface area contributed by atoms with Crippen molar-refractivity contribution in [2.75, 3.05) is 46.0 Å². The molecule has 4 nitrogen and oxygen atoms in total. The number of ether oxygens (including phenoxy) is 1. The summed E-state index contributed by atoms with van der Waals surface area (Å²) in [5.74, 6) is 0. The highest BCUT2D eigenvalue weighted by Gasteiger charge is 2.38. The van der Waals surface area contributed by atoms with Gasteiger partial charge < -0.3 is 15.2 Å². The van der Waals surface area contributed by atoms with Gasteiger partial charge in [-0.1, -0.05) is 0 Å². The third-order valence-electron chi connectivity index (χ3n) is 3.90. The summed E-state index contributed by atoms with van der Waals surface area (Å²) in [6.07, 6.45) is 0.975. The zero-order valence-corrected chi connectivity index (χ0v) is 11.3. The maximum atomic E-state index is 12.6. The highest BCUT2D eigenvalue weighted by atomic mass is 19.3. The van der Waals surface area contributed by atoms with E-state index in [0.29, 0.717) is 32.3 Å². The number of hydrogen-bond acceptors (Lipinski definition) is 4. The molecule has 0 aromatic heterocycles. The normalized spacial score (nSPS) is 27.6. The zero-order valence-electron chi connectivity index (χ0n) is 11.3. The fourth-order valence-electron chi connectivity index (χ4n) is 2.66. The molecule has 2 aliphatic rings. The van der Waals surface area contributed by atoms with Crippen LogP contribution in [0.25, 0.3) is 0 Å². The van der Waals surface area contributed by atoms with E-state index in [1.807, 2.05) is 0 Å². The van der Waals surface area contributed by atoms with E-state index in [9.17, 15) is 8.78 Å². The lowest BCUT2D eigenvalue weighted by molar-refractivity contribution is 0.0446. The molecule has 6 heteroatoms. The van der Waals surface area contributed by atoms with Gasteiger partial charge in [0.1, 0.15) is 0 Å². The van der Waals surface area contributed by atoms with Gasteiger partial charge in [-0.2, -0.15) is 0 Å². The van der Waals surface area contributed by atoms with Crippen molar-refractivity contribution < 1.29 is 18.6 Å². The van der Waals surface area contributed by atoms with Gasteiger partial charge >= 0.3 is 0 Å². The van der Waals surface area contributed by atoms with Crippen molar-refractivity contribution in [3.05, 3.63) is 0 Å². The Morgan fingerprint density at radius 1 is 1.42 bits per heavy atom. The van der Waals surface area contributed by atoms with E-state index in [2.05, 4.69) is 5.32 Å². The molecule has 2 N–H and O–H groups in total. The Balaban J connectivity index is 1.88. The summed E-state index contributed by atoms with van der Waals surface area (Å²) in [4.78, 5) is 1.66. The number of rotatable bonds is 9. The standard InChI is InChI=1S/C13H24F2N2O2/c14-12(15)7-17(4-5-18)9-13(3-6-19-10-13)8-16-11-1-2-11/h11-12,16,18H,1-10H2. The second kappa shape index (κ2) is 6.92. The number of nitrogens with one attached hydrogen (secondary N) is 1. The van der Waals surface area contributed by atoms with Gasteiger partial charge in [-0.25, -0.2) is 8.78 Å². The van der Waals surface area contributed by atoms with E-state index >= 15 is 0 Å². The van der Waals surface area contributed by atoms with Gasteiger partial charge in [0.05, 0.1) is 19.8 Å². The van der Waals surface area contributed by atoms with Crippen LogP contribution in [-0.4, -0.2) is 68.5 Å². The number of aliphatic hydroxyl groups is 1. The molecule has 0 aromatic carbocycles. The molecular formula is C13H24F2N2O2. The first kappa shape index (κ1) is 15.1. The quantitative estimate of drug-likeness (QED) is 0.652. The molecule has 0 spiro atoms. The van der Waals surface area contributed by atoms with E-state index < -0.39 is 6.43 Å². The second-order valence-electron chi connectivity index (χ2n) is 5.81. The lowest BCUT2D eigenvalue weighted by Gasteiger charge is -2.34. The predicted molar refractivity (Wildman–Crippen MR) is 68.4 cm³/mol. The second-order valence-corrected chi connectivity index (χ2v) is 5.81. The number of nitrogens with zero attached hydrogens (tertiary/aromatic N) is 1. The van der Waals surface area contributed by atoms with Gasteiger partial charge in [0.2, 0.25) is 0 Å². The van der Waals surface area contributed by atoms with Crippen LogP contribution in [0.2, 0.25) is 0 Å². The van der Waals surface area contributed by atoms with Crippen LogP contribution in [0.5, 0.6) is 0 Å². The molecule has 2 fully saturated rings. The van der Waals surface area contributed by atoms with Gasteiger partial charge in [-0.15, -0.1) is 0 Å². The van der Waals surface area contributed by atoms with Gasteiger partial charge in [-0.3, -0.25) is 4.90 Å². The molecule has 1 unspecified atom stereocenters. The Morgan fingerprint density at radius 2 is 2.21 bits per heavy atom. The summed E-state index contributed by atoms with van der Waals surface area (Å²) in [6, 6.07) is 0.610. The molecule has 0 radical (unpaired) electrons. The summed E-state index contributed by atoms with van der Waals surface area (Å²) in [5.41, 5.74) is -0.0767. The molecular weight excluding hydrogens is 254 g/mol. The summed E-state index contributed by atoms with van der Waals surface area (Å²) in [7, 11) is 0. The number of aliphatic hydroxyl groups excluding tert-OH is 1. The molecule has 1 heterocycles. The van der Waals surface area contributed by atoms with Crippen molar-refractivity contribution >= 4 is 0 Å². The van der Waals surface area contributed by atoms with Gasteiger partial charge in [-0.05, 0) is 19.3 Å². The topological polar surface area (TPSA) is 44.7 Å². The van der Waals surface area contributed by atoms with Gasteiger partial charge in [0.25, 0.3) is 6.43 Å². The highest BCUT2D eigenvalue weighted by Crippen LogP contribution is 2.31. The fraction of sp³-hybridized carbons (Fsp3) is 1.00. The van der Waals surface area contributed by atoms with E-state index in [1.165, 1.54) is 12.8 Å². The summed E-state index contributed by atoms with van der Waals surface area (Å²) in [5, 5.41) is 12.5. The smallest absolute Gasteiger partial charge is 0.251 e. The first-order chi connectivity index (χ1) is 9.13. The van der Waals surface area contributed by atoms with Gasteiger partial charge in [0, 0.05) is 37.7 Å². The van der Waals surface area contributed by atoms with Crippen LogP contribution >= 0.6 is 0 Å². The molecule has 2 rings (SSSR count). The Labute approximate surface area is 113 Å². The maximum Gasteiger partial charge on any atom is 0.251 e. The number of halogens is 2. The van der Waals surface area contributed by atoms with E-state index in [4.69, 9.17) is 9.84 Å². The third kappa shape index (κ3) is 4.95. The third-order valence-corrected chi connectivity index (χ3v) is 3.90. The van der Waals surface area contributed by atoms with E-state index in [0.717, 1.165) is 13.0 Å². The van der Waals surface area contributed by atoms with Gasteiger partial charge in [0.15, 0.2) is 0 Å². The first-order valence-electron chi connectivity index (χ1n) is 7.06. The van der Waals surface area contributed by atoms with Crippen molar-refractivity contribution in [2.45, 2.75) is 31.7 Å². The van der Waals surface area contributed by atoms with Crippen molar-refractivity contribution in [3.63, 3.8) is 0 Å². The number of alkyl halides is 2. The molecule has 1 aliphatic heterocycles. The summed E-state index contributed by atoms with van der Waals surface area (Å²) < 4.78 is 30.6. The van der Waals surface area contributed by atoms with Crippen molar-refractivity contribution in [2.24, 2.45) is 5.41 Å². The zero-order chi connectivity index (χ0) is 13.7. The van der Waals surface area contributed by atoms with Crippen LogP contribution < -0.4 is 5.32 Å². The minimum absolute atomic E-state index is 0.0767. The van der Waals surface area contributed by atoms with Crippen LogP contribution in [0, 0.1) is 5.41 Å². The van der Waals surface area contributed by atoms with Crippen molar-refractivity contribution in [1.29, 1.82) is 0 Å². The molecule has 0 amide bonds. The molecule has 0 aromatic rings. The lowest BCUT2D eigenvalue weighted by Crippen LogP contribution is -2.47. The lowest BCUT2D eigenvalue weighted by atomic mass is 9.86. The average Bonchev–Trinajstić information content (AvgIpc) is 3.07. The maximum absolute atomic E-state index is 12.6. The van der Waals surface area contributed by atoms with Crippen LogP contribution in [0.1, 0.15) is 19.3 Å². The SMILES string of the molecule is OCCN(CC(F)F)CC1(CNC2CC2)CCOC1. The van der Waals surface area contributed by atoms with Crippen LogP contribution in [0.4, 0.5) is 8.78 Å². The molecule has 1 saturated heterocycles. The van der Waals surface area contributed by atoms with Crippen molar-refractivity contribution in [3.8, 4) is 0 Å². The molecule has 1 aliphatic carbocycles. The summed E-state index contributed by atoms with van der Waals surface area (Å²) in [6.45, 7) is 2.66. The minimum Gasteiger partial charge on any atom is -0.395 e. The molecule has 112 valence electrons. The van der Waals surface area contributed by atoms with Crippen LogP contribution in [0.3, 0.4) is 0 Å². The van der Waals surface area contributed by atoms with Crippen LogP contribution in [-0.2, 0) is 4.74 Å².